The molecule has 14 heteroatoms. The average Bonchev–Trinajstić information content (AvgIpc) is 3.47. The quantitative estimate of drug-likeness (QED) is 0.257. The standard InChI is InChI=1S/C40H49F3N4O6S/c1-26(2)54(50,51)44-35(48)29-11-14-31-32(17-29)47(34(28-9-12-30(52-3)13-10-28)33(31)27-7-5-4-6-8-27)18-37(15-16-37)36(49)46-21-38-19-45(23-40(41,42)43)20-39(38,22-46)25-53-24-38/h9-14,17,26-27H,4-8,15-16,18-25H2,1-3H3,(H,44,48). The number of amides is 2. The number of sulfonamides is 1. The highest BCUT2D eigenvalue weighted by Gasteiger charge is 2.68. The van der Waals surface area contributed by atoms with Crippen molar-refractivity contribution in [2.24, 2.45) is 16.2 Å². The van der Waals surface area contributed by atoms with E-state index in [1.54, 1.807) is 19.2 Å². The maximum Gasteiger partial charge on any atom is 0.401 e. The van der Waals surface area contributed by atoms with Gasteiger partial charge in [0.25, 0.3) is 5.91 Å². The Bertz CT molecular complexity index is 2050. The number of hydrogen-bond donors (Lipinski definition) is 1. The first-order valence-corrected chi connectivity index (χ1v) is 20.7. The first-order chi connectivity index (χ1) is 25.6. The number of carbonyl (C=O) groups excluding carboxylic acids is 2. The van der Waals surface area contributed by atoms with Crippen LogP contribution in [0.2, 0.25) is 0 Å². The third-order valence-corrected chi connectivity index (χ3v) is 14.7. The van der Waals surface area contributed by atoms with E-state index in [9.17, 15) is 31.2 Å². The van der Waals surface area contributed by atoms with Gasteiger partial charge in [-0.1, -0.05) is 25.3 Å². The Balaban J connectivity index is 1.20. The van der Waals surface area contributed by atoms with Crippen LogP contribution < -0.4 is 9.46 Å². The van der Waals surface area contributed by atoms with E-state index in [4.69, 9.17) is 9.47 Å². The van der Waals surface area contributed by atoms with Crippen molar-refractivity contribution in [1.29, 1.82) is 0 Å². The van der Waals surface area contributed by atoms with Crippen molar-refractivity contribution >= 4 is 32.7 Å². The van der Waals surface area contributed by atoms with Gasteiger partial charge >= 0.3 is 6.18 Å². The summed E-state index contributed by atoms with van der Waals surface area (Å²) in [7, 11) is -2.26. The minimum atomic E-state index is -4.30. The Kier molecular flexibility index (Phi) is 9.16. The Morgan fingerprint density at radius 3 is 2.19 bits per heavy atom. The molecule has 2 atom stereocenters. The largest absolute Gasteiger partial charge is 0.497 e. The third kappa shape index (κ3) is 6.39. The van der Waals surface area contributed by atoms with Gasteiger partial charge in [0.1, 0.15) is 5.75 Å². The van der Waals surface area contributed by atoms with Crippen molar-refractivity contribution in [2.75, 3.05) is 53.0 Å². The van der Waals surface area contributed by atoms with Crippen LogP contribution in [0.3, 0.4) is 0 Å². The maximum absolute atomic E-state index is 14.8. The topological polar surface area (TPSA) is 110 Å². The Morgan fingerprint density at radius 1 is 0.963 bits per heavy atom. The lowest BCUT2D eigenvalue weighted by atomic mass is 9.71. The molecule has 3 aromatic rings. The van der Waals surface area contributed by atoms with E-state index < -0.39 is 50.1 Å². The predicted octanol–water partition coefficient (Wildman–Crippen LogP) is 6.34. The number of ether oxygens (including phenoxy) is 2. The van der Waals surface area contributed by atoms with E-state index in [1.807, 2.05) is 35.2 Å². The minimum Gasteiger partial charge on any atom is -0.497 e. The molecule has 292 valence electrons. The van der Waals surface area contributed by atoms with Crippen molar-refractivity contribution in [2.45, 2.75) is 82.7 Å². The summed E-state index contributed by atoms with van der Waals surface area (Å²) in [6, 6.07) is 13.2. The number of benzene rings is 2. The highest BCUT2D eigenvalue weighted by Crippen LogP contribution is 2.59. The van der Waals surface area contributed by atoms with E-state index in [0.29, 0.717) is 51.4 Å². The van der Waals surface area contributed by atoms with Crippen molar-refractivity contribution in [3.8, 4) is 17.0 Å². The molecular formula is C40H49F3N4O6S. The summed E-state index contributed by atoms with van der Waals surface area (Å²) in [4.78, 5) is 31.7. The molecule has 3 aliphatic heterocycles. The van der Waals surface area contributed by atoms with Crippen LogP contribution in [0.15, 0.2) is 42.5 Å². The van der Waals surface area contributed by atoms with Gasteiger partial charge in [0.2, 0.25) is 15.9 Å². The van der Waals surface area contributed by atoms with Gasteiger partial charge in [0, 0.05) is 60.0 Å². The van der Waals surface area contributed by atoms with Crippen molar-refractivity contribution in [3.63, 3.8) is 0 Å². The summed E-state index contributed by atoms with van der Waals surface area (Å²) < 4.78 is 81.5. The second kappa shape index (κ2) is 13.3. The number of nitrogens with one attached hydrogen (secondary N) is 1. The molecule has 2 amide bonds. The second-order valence-electron chi connectivity index (χ2n) is 16.9. The molecule has 4 heterocycles. The van der Waals surface area contributed by atoms with Gasteiger partial charge in [-0.2, -0.15) is 13.2 Å². The predicted molar refractivity (Wildman–Crippen MR) is 198 cm³/mol. The normalized spacial score (nSPS) is 25.6. The number of aromatic nitrogens is 1. The molecule has 2 unspecified atom stereocenters. The number of methoxy groups -OCH3 is 1. The van der Waals surface area contributed by atoms with E-state index in [0.717, 1.165) is 54.3 Å². The van der Waals surface area contributed by atoms with Gasteiger partial charge in [0.05, 0.1) is 43.2 Å². The number of rotatable bonds is 10. The number of carbonyl (C=O) groups is 2. The first-order valence-electron chi connectivity index (χ1n) is 19.1. The highest BCUT2D eigenvalue weighted by atomic mass is 32.2. The van der Waals surface area contributed by atoms with Crippen molar-refractivity contribution in [3.05, 3.63) is 53.6 Å². The molecule has 0 spiro atoms. The number of nitrogens with zero attached hydrogens (tertiary/aromatic N) is 3. The summed E-state index contributed by atoms with van der Waals surface area (Å²) in [5.74, 6) is 0.262. The van der Waals surface area contributed by atoms with E-state index in [-0.39, 0.29) is 30.5 Å². The fourth-order valence-corrected chi connectivity index (χ4v) is 10.6. The van der Waals surface area contributed by atoms with E-state index >= 15 is 0 Å². The molecule has 2 aliphatic carbocycles. The monoisotopic (exact) mass is 770 g/mol. The average molecular weight is 771 g/mol. The summed E-state index contributed by atoms with van der Waals surface area (Å²) in [6.45, 7) is 4.30. The van der Waals surface area contributed by atoms with Gasteiger partial charge in [-0.05, 0) is 93.0 Å². The molecule has 2 aromatic carbocycles. The first kappa shape index (κ1) is 37.3. The zero-order valence-electron chi connectivity index (χ0n) is 31.1. The van der Waals surface area contributed by atoms with Crippen LogP contribution >= 0.6 is 0 Å². The number of likely N-dealkylation sites (tertiary alicyclic amines) is 2. The second-order valence-corrected chi connectivity index (χ2v) is 19.2. The summed E-state index contributed by atoms with van der Waals surface area (Å²) in [5, 5.41) is 0.182. The Hall–Kier alpha value is -3.62. The summed E-state index contributed by atoms with van der Waals surface area (Å²) in [5.41, 5.74) is 2.27. The van der Waals surface area contributed by atoms with Crippen LogP contribution in [0.25, 0.3) is 22.2 Å². The van der Waals surface area contributed by atoms with Gasteiger partial charge in [-0.3, -0.25) is 14.5 Å². The molecule has 1 N–H and O–H groups in total. The molecule has 0 bridgehead atoms. The fourth-order valence-electron chi connectivity index (χ4n) is 9.99. The molecule has 1 aromatic heterocycles. The van der Waals surface area contributed by atoms with Crippen LogP contribution in [0.4, 0.5) is 13.2 Å². The molecule has 8 rings (SSSR count). The zero-order valence-corrected chi connectivity index (χ0v) is 32.0. The van der Waals surface area contributed by atoms with Crippen molar-refractivity contribution < 1.29 is 40.7 Å². The Labute approximate surface area is 314 Å². The molecule has 0 radical (unpaired) electrons. The molecule has 2 saturated carbocycles. The van der Waals surface area contributed by atoms with Crippen molar-refractivity contribution in [1.82, 2.24) is 19.1 Å². The van der Waals surface area contributed by atoms with Crippen LogP contribution in [0.5, 0.6) is 5.75 Å². The molecular weight excluding hydrogens is 722 g/mol. The molecule has 5 fully saturated rings. The minimum absolute atomic E-state index is 0.0126. The van der Waals surface area contributed by atoms with Gasteiger partial charge in [0.15, 0.2) is 0 Å². The Morgan fingerprint density at radius 2 is 1.61 bits per heavy atom. The lowest BCUT2D eigenvalue weighted by molar-refractivity contribution is -0.148. The molecule has 10 nitrogen and oxygen atoms in total. The van der Waals surface area contributed by atoms with Crippen LogP contribution in [0, 0.1) is 16.2 Å². The lowest BCUT2D eigenvalue weighted by Gasteiger charge is -2.30. The highest BCUT2D eigenvalue weighted by molar-refractivity contribution is 7.90. The SMILES string of the molecule is COc1ccc(-c2c(C3CCCCC3)c3ccc(C(=O)NS(=O)(=O)C(C)C)cc3n2CC2(C(=O)N3CC45COCC4(CN(CC(F)(F)F)C5)C3)CC2)cc1. The molecule has 54 heavy (non-hydrogen) atoms. The summed E-state index contributed by atoms with van der Waals surface area (Å²) >= 11 is 0. The van der Waals surface area contributed by atoms with Crippen LogP contribution in [0.1, 0.15) is 80.6 Å². The fraction of sp³-hybridized carbons (Fsp3) is 0.600. The smallest absolute Gasteiger partial charge is 0.401 e. The van der Waals surface area contributed by atoms with E-state index in [2.05, 4.69) is 9.29 Å². The maximum atomic E-state index is 14.8. The summed E-state index contributed by atoms with van der Waals surface area (Å²) in [6.07, 6.45) is 2.39. The number of halogens is 3. The number of alkyl halides is 3. The number of fused-ring (bicyclic) bond motifs is 1. The van der Waals surface area contributed by atoms with Gasteiger partial charge in [-0.15, -0.1) is 0 Å². The van der Waals surface area contributed by atoms with Gasteiger partial charge < -0.3 is 18.9 Å². The zero-order chi connectivity index (χ0) is 38.3. The molecule has 5 aliphatic rings. The van der Waals surface area contributed by atoms with Gasteiger partial charge in [-0.25, -0.2) is 13.1 Å². The lowest BCUT2D eigenvalue weighted by Crippen LogP contribution is -2.44. The number of hydrogen-bond acceptors (Lipinski definition) is 7. The van der Waals surface area contributed by atoms with E-state index in [1.165, 1.54) is 24.3 Å². The van der Waals surface area contributed by atoms with Crippen LogP contribution in [-0.2, 0) is 26.1 Å². The third-order valence-electron chi connectivity index (χ3n) is 13.0. The molecule has 3 saturated heterocycles. The van der Waals surface area contributed by atoms with Crippen LogP contribution in [-0.4, -0.2) is 99.1 Å².